The van der Waals surface area contributed by atoms with Gasteiger partial charge in [0, 0.05) is 31.2 Å². The average Bonchev–Trinajstić information content (AvgIpc) is 3.55. The van der Waals surface area contributed by atoms with Gasteiger partial charge in [0.2, 0.25) is 0 Å². The Morgan fingerprint density at radius 3 is 2.44 bits per heavy atom. The Bertz CT molecular complexity index is 1260. The maximum Gasteiger partial charge on any atom is 0.264 e. The lowest BCUT2D eigenvalue weighted by atomic mass is 10.0. The van der Waals surface area contributed by atoms with Gasteiger partial charge in [-0.1, -0.05) is 37.3 Å². The van der Waals surface area contributed by atoms with Crippen molar-refractivity contribution in [3.05, 3.63) is 77.2 Å². The smallest absolute Gasteiger partial charge is 0.264 e. The zero-order valence-corrected chi connectivity index (χ0v) is 20.8. The number of amides is 2. The van der Waals surface area contributed by atoms with E-state index in [0.29, 0.717) is 13.1 Å². The molecule has 0 aliphatic carbocycles. The summed E-state index contributed by atoms with van der Waals surface area (Å²) in [6, 6.07) is 21.7. The molecule has 0 atom stereocenters. The van der Waals surface area contributed by atoms with E-state index in [1.165, 1.54) is 11.3 Å². The van der Waals surface area contributed by atoms with E-state index in [2.05, 4.69) is 13.0 Å². The van der Waals surface area contributed by atoms with E-state index in [1.807, 2.05) is 70.5 Å². The lowest BCUT2D eigenvalue weighted by Gasteiger charge is -2.38. The van der Waals surface area contributed by atoms with Crippen LogP contribution in [-0.4, -0.2) is 52.3 Å². The van der Waals surface area contributed by atoms with Gasteiger partial charge in [-0.2, -0.15) is 0 Å². The Kier molecular flexibility index (Phi) is 6.74. The lowest BCUT2D eigenvalue weighted by molar-refractivity contribution is 0.0522. The van der Waals surface area contributed by atoms with Crippen molar-refractivity contribution in [1.29, 1.82) is 0 Å². The first-order valence-corrected chi connectivity index (χ1v) is 13.4. The van der Waals surface area contributed by atoms with Crippen LogP contribution in [0.5, 0.6) is 0 Å². The summed E-state index contributed by atoms with van der Waals surface area (Å²) in [4.78, 5) is 36.8. The molecule has 1 aliphatic heterocycles. The summed E-state index contributed by atoms with van der Waals surface area (Å²) in [7, 11) is 0. The monoisotopic (exact) mass is 489 g/mol. The Labute approximate surface area is 207 Å². The zero-order chi connectivity index (χ0) is 23.5. The van der Waals surface area contributed by atoms with Gasteiger partial charge in [0.1, 0.15) is 5.01 Å². The van der Waals surface area contributed by atoms with E-state index < -0.39 is 0 Å². The predicted octanol–water partition coefficient (Wildman–Crippen LogP) is 6.18. The van der Waals surface area contributed by atoms with Gasteiger partial charge in [-0.15, -0.1) is 22.7 Å². The summed E-state index contributed by atoms with van der Waals surface area (Å²) >= 11 is 3.18. The van der Waals surface area contributed by atoms with Gasteiger partial charge in [0.05, 0.1) is 20.0 Å². The van der Waals surface area contributed by atoms with Crippen LogP contribution in [-0.2, 0) is 0 Å². The molecular weight excluding hydrogens is 462 g/mol. The van der Waals surface area contributed by atoms with Crippen molar-refractivity contribution >= 4 is 44.7 Å². The average molecular weight is 490 g/mol. The number of likely N-dealkylation sites (tertiary alicyclic amines) is 1. The van der Waals surface area contributed by atoms with Crippen molar-refractivity contribution in [2.45, 2.75) is 32.2 Å². The van der Waals surface area contributed by atoms with Crippen LogP contribution < -0.4 is 0 Å². The number of nitrogens with zero attached hydrogens (tertiary/aromatic N) is 3. The van der Waals surface area contributed by atoms with Crippen LogP contribution in [0.3, 0.4) is 0 Å². The van der Waals surface area contributed by atoms with E-state index in [1.54, 1.807) is 11.3 Å². The summed E-state index contributed by atoms with van der Waals surface area (Å²) in [5.41, 5.74) is 1.72. The number of para-hydroxylation sites is 1. The highest BCUT2D eigenvalue weighted by Gasteiger charge is 2.30. The number of piperidine rings is 1. The fraction of sp³-hybridized carbons (Fsp3) is 0.296. The van der Waals surface area contributed by atoms with Gasteiger partial charge in [0.25, 0.3) is 11.8 Å². The summed E-state index contributed by atoms with van der Waals surface area (Å²) in [5, 5.41) is 0.958. The Balaban J connectivity index is 1.28. The number of hydrogen-bond donors (Lipinski definition) is 0. The van der Waals surface area contributed by atoms with Crippen LogP contribution in [0.2, 0.25) is 0 Å². The van der Waals surface area contributed by atoms with Crippen molar-refractivity contribution in [2.24, 2.45) is 0 Å². The minimum absolute atomic E-state index is 0.0751. The van der Waals surface area contributed by atoms with E-state index in [4.69, 9.17) is 4.98 Å². The molecule has 5 nitrogen and oxygen atoms in total. The minimum atomic E-state index is 0.0751. The summed E-state index contributed by atoms with van der Waals surface area (Å²) in [5.74, 6) is 0.165. The van der Waals surface area contributed by atoms with Crippen molar-refractivity contribution in [3.63, 3.8) is 0 Å². The van der Waals surface area contributed by atoms with Crippen LogP contribution >= 0.6 is 22.7 Å². The minimum Gasteiger partial charge on any atom is -0.338 e. The quantitative estimate of drug-likeness (QED) is 0.325. The van der Waals surface area contributed by atoms with E-state index in [0.717, 1.165) is 56.3 Å². The molecular formula is C27H27N3O2S2. The van der Waals surface area contributed by atoms with Crippen molar-refractivity contribution in [3.8, 4) is 9.88 Å². The molecule has 2 amide bonds. The highest BCUT2D eigenvalue weighted by atomic mass is 32.1. The van der Waals surface area contributed by atoms with Crippen LogP contribution in [0.1, 0.15) is 46.2 Å². The number of thiazole rings is 1. The Hall–Kier alpha value is -3.03. The van der Waals surface area contributed by atoms with E-state index in [9.17, 15) is 9.59 Å². The number of carbonyl (C=O) groups is 2. The number of carbonyl (C=O) groups excluding carboxylic acids is 2. The van der Waals surface area contributed by atoms with Gasteiger partial charge in [-0.3, -0.25) is 9.59 Å². The second-order valence-electron chi connectivity index (χ2n) is 8.54. The standard InChI is InChI=1S/C27H27N3O2S2/c1-2-16-30(20-14-17-29(18-15-20)26(31)19-8-4-3-5-9-19)27(32)24-13-12-23(33-24)25-28-21-10-6-7-11-22(21)34-25/h3-13,20H,2,14-18H2,1H3. The van der Waals surface area contributed by atoms with Crippen LogP contribution in [0.25, 0.3) is 20.1 Å². The molecule has 1 fully saturated rings. The van der Waals surface area contributed by atoms with Gasteiger partial charge in [-0.05, 0) is 55.7 Å². The van der Waals surface area contributed by atoms with E-state index in [-0.39, 0.29) is 17.9 Å². The first-order chi connectivity index (χ1) is 16.6. The lowest BCUT2D eigenvalue weighted by Crippen LogP contribution is -2.49. The number of benzene rings is 2. The number of hydrogen-bond acceptors (Lipinski definition) is 5. The summed E-state index contributed by atoms with van der Waals surface area (Å²) in [6.07, 6.45) is 2.52. The van der Waals surface area contributed by atoms with Gasteiger partial charge < -0.3 is 9.80 Å². The Morgan fingerprint density at radius 2 is 1.71 bits per heavy atom. The van der Waals surface area contributed by atoms with Crippen LogP contribution in [0.15, 0.2) is 66.7 Å². The second kappa shape index (κ2) is 10.1. The van der Waals surface area contributed by atoms with Crippen molar-refractivity contribution in [2.75, 3.05) is 19.6 Å². The van der Waals surface area contributed by atoms with Gasteiger partial charge in [-0.25, -0.2) is 4.98 Å². The molecule has 3 heterocycles. The molecule has 0 radical (unpaired) electrons. The largest absolute Gasteiger partial charge is 0.338 e. The first kappa shape index (κ1) is 22.7. The molecule has 0 bridgehead atoms. The summed E-state index contributed by atoms with van der Waals surface area (Å²) in [6.45, 7) is 4.18. The Morgan fingerprint density at radius 1 is 0.971 bits per heavy atom. The molecule has 1 saturated heterocycles. The third-order valence-corrected chi connectivity index (χ3v) is 8.54. The molecule has 174 valence electrons. The maximum absolute atomic E-state index is 13.5. The molecule has 0 N–H and O–H groups in total. The van der Waals surface area contributed by atoms with Gasteiger partial charge in [0.15, 0.2) is 0 Å². The normalized spacial score (nSPS) is 14.4. The molecule has 0 saturated carbocycles. The number of fused-ring (bicyclic) bond motifs is 1. The van der Waals surface area contributed by atoms with Crippen molar-refractivity contribution in [1.82, 2.24) is 14.8 Å². The molecule has 7 heteroatoms. The van der Waals surface area contributed by atoms with Crippen molar-refractivity contribution < 1.29 is 9.59 Å². The maximum atomic E-state index is 13.5. The number of aromatic nitrogens is 1. The molecule has 4 aromatic rings. The molecule has 0 spiro atoms. The highest BCUT2D eigenvalue weighted by molar-refractivity contribution is 7.26. The molecule has 2 aromatic heterocycles. The van der Waals surface area contributed by atoms with Crippen LogP contribution in [0, 0.1) is 0 Å². The summed E-state index contributed by atoms with van der Waals surface area (Å²) < 4.78 is 1.16. The molecule has 1 aliphatic rings. The zero-order valence-electron chi connectivity index (χ0n) is 19.1. The first-order valence-electron chi connectivity index (χ1n) is 11.7. The molecule has 5 rings (SSSR count). The molecule has 34 heavy (non-hydrogen) atoms. The second-order valence-corrected chi connectivity index (χ2v) is 10.7. The third-order valence-electron chi connectivity index (χ3n) is 6.26. The molecule has 0 unspecified atom stereocenters. The number of rotatable bonds is 6. The fourth-order valence-electron chi connectivity index (χ4n) is 4.52. The topological polar surface area (TPSA) is 53.5 Å². The molecule has 2 aromatic carbocycles. The van der Waals surface area contributed by atoms with Crippen LogP contribution in [0.4, 0.5) is 0 Å². The third kappa shape index (κ3) is 4.63. The number of thiophene rings is 1. The van der Waals surface area contributed by atoms with Gasteiger partial charge >= 0.3 is 0 Å². The highest BCUT2D eigenvalue weighted by Crippen LogP contribution is 2.35. The predicted molar refractivity (Wildman–Crippen MR) is 140 cm³/mol. The van der Waals surface area contributed by atoms with E-state index >= 15 is 0 Å². The SMILES string of the molecule is CCCN(C(=O)c1ccc(-c2nc3ccccc3s2)s1)C1CCN(C(=O)c2ccccc2)CC1. The fourth-order valence-corrected chi connectivity index (χ4v) is 6.50.